The van der Waals surface area contributed by atoms with Gasteiger partial charge in [0.1, 0.15) is 5.69 Å². The number of hydrogen-bond acceptors (Lipinski definition) is 5. The van der Waals surface area contributed by atoms with Crippen molar-refractivity contribution in [2.75, 3.05) is 45.2 Å². The van der Waals surface area contributed by atoms with E-state index in [0.717, 1.165) is 38.9 Å². The van der Waals surface area contributed by atoms with Gasteiger partial charge in [-0.1, -0.05) is 0 Å². The number of rotatable bonds is 7. The Balaban J connectivity index is 2.06. The van der Waals surface area contributed by atoms with Crippen LogP contribution in [0.15, 0.2) is 18.2 Å². The molecule has 1 amide bonds. The maximum Gasteiger partial charge on any atom is 0.293 e. The van der Waals surface area contributed by atoms with Crippen LogP contribution in [0.25, 0.3) is 0 Å². The van der Waals surface area contributed by atoms with Crippen molar-refractivity contribution in [1.82, 2.24) is 10.2 Å². The molecule has 0 radical (unpaired) electrons. The Bertz CT molecular complexity index is 568. The molecule has 0 unspecified atom stereocenters. The summed E-state index contributed by atoms with van der Waals surface area (Å²) in [7, 11) is 3.95. The fraction of sp³-hybridized carbons (Fsp3) is 0.562. The summed E-state index contributed by atoms with van der Waals surface area (Å²) in [5.41, 5.74) is 0.953. The second kappa shape index (κ2) is 7.92. The van der Waals surface area contributed by atoms with E-state index in [9.17, 15) is 14.9 Å². The van der Waals surface area contributed by atoms with E-state index in [0.29, 0.717) is 17.8 Å². The Hall–Kier alpha value is -2.15. The third-order valence-electron chi connectivity index (χ3n) is 3.95. The summed E-state index contributed by atoms with van der Waals surface area (Å²) in [5.74, 6) is -0.264. The molecule has 0 bridgehead atoms. The van der Waals surface area contributed by atoms with Crippen LogP contribution in [-0.4, -0.2) is 56.0 Å². The Labute approximate surface area is 136 Å². The lowest BCUT2D eigenvalue weighted by Crippen LogP contribution is -2.27. The largest absolute Gasteiger partial charge is 0.366 e. The molecular formula is C16H24N4O3. The standard InChI is InChI=1S/C16H24N4O3/c1-18(2)9-5-8-17-16(21)13-6-7-14(15(12-13)20(22)23)19-10-3-4-11-19/h6-7,12H,3-5,8-11H2,1-2H3,(H,17,21). The lowest BCUT2D eigenvalue weighted by atomic mass is 10.1. The van der Waals surface area contributed by atoms with Gasteiger partial charge in [-0.15, -0.1) is 0 Å². The molecule has 2 rings (SSSR count). The molecule has 0 aliphatic carbocycles. The molecule has 1 saturated heterocycles. The number of carbonyl (C=O) groups is 1. The Morgan fingerprint density at radius 2 is 2.04 bits per heavy atom. The molecule has 1 fully saturated rings. The zero-order valence-corrected chi connectivity index (χ0v) is 13.7. The zero-order chi connectivity index (χ0) is 16.8. The monoisotopic (exact) mass is 320 g/mol. The van der Waals surface area contributed by atoms with Crippen molar-refractivity contribution in [3.63, 3.8) is 0 Å². The van der Waals surface area contributed by atoms with Crippen molar-refractivity contribution < 1.29 is 9.72 Å². The molecule has 23 heavy (non-hydrogen) atoms. The number of amides is 1. The summed E-state index contributed by atoms with van der Waals surface area (Å²) >= 11 is 0. The van der Waals surface area contributed by atoms with Gasteiger partial charge in [-0.05, 0) is 52.0 Å². The van der Waals surface area contributed by atoms with Gasteiger partial charge in [0.05, 0.1) is 4.92 Å². The molecule has 1 aromatic carbocycles. The first-order chi connectivity index (χ1) is 11.0. The fourth-order valence-corrected chi connectivity index (χ4v) is 2.74. The number of hydrogen-bond donors (Lipinski definition) is 1. The van der Waals surface area contributed by atoms with E-state index in [2.05, 4.69) is 5.32 Å². The van der Waals surface area contributed by atoms with E-state index in [-0.39, 0.29) is 11.6 Å². The van der Waals surface area contributed by atoms with Crippen LogP contribution in [0.3, 0.4) is 0 Å². The average Bonchev–Trinajstić information content (AvgIpc) is 3.04. The summed E-state index contributed by atoms with van der Waals surface area (Å²) in [6, 6.07) is 4.75. The quantitative estimate of drug-likeness (QED) is 0.471. The highest BCUT2D eigenvalue weighted by molar-refractivity contribution is 5.95. The number of carbonyl (C=O) groups excluding carboxylic acids is 1. The van der Waals surface area contributed by atoms with Crippen LogP contribution in [0, 0.1) is 10.1 Å². The predicted molar refractivity (Wildman–Crippen MR) is 90.0 cm³/mol. The van der Waals surface area contributed by atoms with E-state index in [4.69, 9.17) is 0 Å². The van der Waals surface area contributed by atoms with Crippen LogP contribution < -0.4 is 10.2 Å². The van der Waals surface area contributed by atoms with Crippen LogP contribution in [0.4, 0.5) is 11.4 Å². The average molecular weight is 320 g/mol. The molecule has 1 heterocycles. The van der Waals surface area contributed by atoms with Gasteiger partial charge in [-0.2, -0.15) is 0 Å². The molecule has 1 aromatic rings. The maximum absolute atomic E-state index is 12.1. The van der Waals surface area contributed by atoms with E-state index >= 15 is 0 Å². The molecule has 1 aliphatic heterocycles. The Morgan fingerprint density at radius 3 is 2.65 bits per heavy atom. The summed E-state index contributed by atoms with van der Waals surface area (Å²) in [6.45, 7) is 3.10. The maximum atomic E-state index is 12.1. The first-order valence-electron chi connectivity index (χ1n) is 7.95. The van der Waals surface area contributed by atoms with Gasteiger partial charge in [0, 0.05) is 31.3 Å². The molecule has 1 aliphatic rings. The molecular weight excluding hydrogens is 296 g/mol. The number of anilines is 1. The Kier molecular flexibility index (Phi) is 5.92. The highest BCUT2D eigenvalue weighted by Gasteiger charge is 2.23. The van der Waals surface area contributed by atoms with Gasteiger partial charge in [-0.25, -0.2) is 0 Å². The molecule has 7 nitrogen and oxygen atoms in total. The number of benzene rings is 1. The lowest BCUT2D eigenvalue weighted by Gasteiger charge is -2.17. The third kappa shape index (κ3) is 4.66. The third-order valence-corrected chi connectivity index (χ3v) is 3.95. The summed E-state index contributed by atoms with van der Waals surface area (Å²) in [6.07, 6.45) is 2.93. The minimum absolute atomic E-state index is 0.00726. The first-order valence-corrected chi connectivity index (χ1v) is 7.95. The molecule has 0 saturated carbocycles. The van der Waals surface area contributed by atoms with Crippen LogP contribution >= 0.6 is 0 Å². The van der Waals surface area contributed by atoms with Crippen molar-refractivity contribution >= 4 is 17.3 Å². The summed E-state index contributed by atoms with van der Waals surface area (Å²) in [5, 5.41) is 14.1. The van der Waals surface area contributed by atoms with Crippen molar-refractivity contribution in [1.29, 1.82) is 0 Å². The number of nitrogens with zero attached hydrogens (tertiary/aromatic N) is 3. The summed E-state index contributed by atoms with van der Waals surface area (Å²) < 4.78 is 0. The van der Waals surface area contributed by atoms with Gasteiger partial charge in [-0.3, -0.25) is 14.9 Å². The normalized spacial score (nSPS) is 14.3. The van der Waals surface area contributed by atoms with Crippen LogP contribution in [0.1, 0.15) is 29.6 Å². The minimum Gasteiger partial charge on any atom is -0.366 e. The van der Waals surface area contributed by atoms with E-state index < -0.39 is 4.92 Å². The van der Waals surface area contributed by atoms with Crippen LogP contribution in [0.5, 0.6) is 0 Å². The van der Waals surface area contributed by atoms with E-state index in [1.807, 2.05) is 23.9 Å². The number of nitrogens with one attached hydrogen (secondary N) is 1. The second-order valence-electron chi connectivity index (χ2n) is 6.07. The molecule has 7 heteroatoms. The first kappa shape index (κ1) is 17.2. The second-order valence-corrected chi connectivity index (χ2v) is 6.07. The molecule has 0 atom stereocenters. The summed E-state index contributed by atoms with van der Waals surface area (Å²) in [4.78, 5) is 27.1. The van der Waals surface area contributed by atoms with E-state index in [1.54, 1.807) is 12.1 Å². The molecule has 0 spiro atoms. The minimum atomic E-state index is -0.406. The highest BCUT2D eigenvalue weighted by Crippen LogP contribution is 2.31. The van der Waals surface area contributed by atoms with Crippen LogP contribution in [0.2, 0.25) is 0 Å². The van der Waals surface area contributed by atoms with E-state index in [1.165, 1.54) is 6.07 Å². The van der Waals surface area contributed by atoms with Gasteiger partial charge in [0.2, 0.25) is 0 Å². The SMILES string of the molecule is CN(C)CCCNC(=O)c1ccc(N2CCCC2)c([N+](=O)[O-])c1. The number of nitro benzene ring substituents is 1. The van der Waals surface area contributed by atoms with Gasteiger partial charge in [0.15, 0.2) is 0 Å². The van der Waals surface area contributed by atoms with Crippen molar-refractivity contribution in [2.45, 2.75) is 19.3 Å². The van der Waals surface area contributed by atoms with Gasteiger partial charge in [0.25, 0.3) is 11.6 Å². The highest BCUT2D eigenvalue weighted by atomic mass is 16.6. The van der Waals surface area contributed by atoms with Gasteiger partial charge < -0.3 is 15.1 Å². The van der Waals surface area contributed by atoms with Gasteiger partial charge >= 0.3 is 0 Å². The fourth-order valence-electron chi connectivity index (χ4n) is 2.74. The van der Waals surface area contributed by atoms with Crippen molar-refractivity contribution in [2.24, 2.45) is 0 Å². The van der Waals surface area contributed by atoms with Crippen molar-refractivity contribution in [3.8, 4) is 0 Å². The molecule has 1 N–H and O–H groups in total. The Morgan fingerprint density at radius 1 is 1.35 bits per heavy atom. The number of nitro groups is 1. The van der Waals surface area contributed by atoms with Crippen molar-refractivity contribution in [3.05, 3.63) is 33.9 Å². The van der Waals surface area contributed by atoms with Crippen LogP contribution in [-0.2, 0) is 0 Å². The lowest BCUT2D eigenvalue weighted by molar-refractivity contribution is -0.384. The molecule has 126 valence electrons. The zero-order valence-electron chi connectivity index (χ0n) is 13.7. The topological polar surface area (TPSA) is 78.7 Å². The predicted octanol–water partition coefficient (Wildman–Crippen LogP) is 1.88. The smallest absolute Gasteiger partial charge is 0.293 e. The molecule has 0 aromatic heterocycles.